The molecule has 4 aliphatic carbocycles. The first-order valence-corrected chi connectivity index (χ1v) is 9.91. The molecule has 0 bridgehead atoms. The fraction of sp³-hybridized carbons (Fsp3) is 0.682. The smallest absolute Gasteiger partial charge is 0.306 e. The van der Waals surface area contributed by atoms with E-state index in [2.05, 4.69) is 26.0 Å². The topological polar surface area (TPSA) is 46.5 Å². The fourth-order valence-corrected chi connectivity index (χ4v) is 6.91. The third kappa shape index (κ3) is 1.85. The van der Waals surface area contributed by atoms with Gasteiger partial charge in [-0.3, -0.25) is 4.79 Å². The lowest BCUT2D eigenvalue weighted by molar-refractivity contribution is -0.160. The van der Waals surface area contributed by atoms with Crippen LogP contribution in [0.2, 0.25) is 0 Å². The minimum absolute atomic E-state index is 0.00216. The van der Waals surface area contributed by atoms with Gasteiger partial charge in [0.05, 0.1) is 5.76 Å². The first-order valence-electron chi connectivity index (χ1n) is 9.91. The third-order valence-corrected chi connectivity index (χ3v) is 8.46. The molecule has 5 rings (SSSR count). The number of aliphatic hydroxyl groups excluding tert-OH is 1. The molecule has 0 amide bonds. The summed E-state index contributed by atoms with van der Waals surface area (Å²) in [6.45, 7) is 4.74. The van der Waals surface area contributed by atoms with Crippen LogP contribution in [0.3, 0.4) is 0 Å². The summed E-state index contributed by atoms with van der Waals surface area (Å²) in [6.07, 6.45) is 14.4. The quantitative estimate of drug-likeness (QED) is 0.499. The van der Waals surface area contributed by atoms with Gasteiger partial charge in [0.15, 0.2) is 0 Å². The van der Waals surface area contributed by atoms with E-state index in [0.717, 1.165) is 38.5 Å². The van der Waals surface area contributed by atoms with Gasteiger partial charge >= 0.3 is 5.97 Å². The van der Waals surface area contributed by atoms with Gasteiger partial charge in [0.1, 0.15) is 5.60 Å². The molecule has 134 valence electrons. The van der Waals surface area contributed by atoms with E-state index in [-0.39, 0.29) is 22.4 Å². The molecular weight excluding hydrogens is 312 g/mol. The molecule has 0 aromatic heterocycles. The Morgan fingerprint density at radius 3 is 2.76 bits per heavy atom. The average Bonchev–Trinajstić information content (AvgIpc) is 3.10. The number of carbonyl (C=O) groups is 1. The van der Waals surface area contributed by atoms with E-state index < -0.39 is 0 Å². The van der Waals surface area contributed by atoms with Crippen LogP contribution < -0.4 is 0 Å². The van der Waals surface area contributed by atoms with Gasteiger partial charge in [0.25, 0.3) is 0 Å². The summed E-state index contributed by atoms with van der Waals surface area (Å²) in [5.74, 6) is 1.70. The van der Waals surface area contributed by atoms with Gasteiger partial charge in [-0.05, 0) is 62.0 Å². The van der Waals surface area contributed by atoms with Crippen LogP contribution >= 0.6 is 0 Å². The van der Waals surface area contributed by atoms with Crippen LogP contribution in [0, 0.1) is 22.7 Å². The summed E-state index contributed by atoms with van der Waals surface area (Å²) in [6, 6.07) is 0. The maximum absolute atomic E-state index is 11.9. The van der Waals surface area contributed by atoms with E-state index in [0.29, 0.717) is 24.0 Å². The SMILES string of the molecule is C[C@]12CCC(O)=CC1=CC[C@@H]1C2=CC[C@@]2(C)[C@H]1CC[C@@]21CCC(=O)O1. The van der Waals surface area contributed by atoms with Crippen molar-refractivity contribution in [2.75, 3.05) is 0 Å². The van der Waals surface area contributed by atoms with Gasteiger partial charge in [-0.15, -0.1) is 0 Å². The van der Waals surface area contributed by atoms with Gasteiger partial charge in [-0.2, -0.15) is 0 Å². The fourth-order valence-electron chi connectivity index (χ4n) is 6.91. The average molecular weight is 340 g/mol. The van der Waals surface area contributed by atoms with Crippen molar-refractivity contribution in [1.82, 2.24) is 0 Å². The van der Waals surface area contributed by atoms with Crippen molar-refractivity contribution in [2.24, 2.45) is 22.7 Å². The lowest BCUT2D eigenvalue weighted by atomic mass is 9.52. The number of rotatable bonds is 0. The summed E-state index contributed by atoms with van der Waals surface area (Å²) in [5, 5.41) is 9.97. The summed E-state index contributed by atoms with van der Waals surface area (Å²) < 4.78 is 5.98. The molecular formula is C22H28O3. The van der Waals surface area contributed by atoms with E-state index in [4.69, 9.17) is 4.74 Å². The zero-order chi connectivity index (χ0) is 17.4. The number of carbonyl (C=O) groups excluding carboxylic acids is 1. The zero-order valence-corrected chi connectivity index (χ0v) is 15.3. The Morgan fingerprint density at radius 2 is 2.00 bits per heavy atom. The van der Waals surface area contributed by atoms with E-state index in [1.807, 2.05) is 6.08 Å². The molecule has 1 saturated carbocycles. The van der Waals surface area contributed by atoms with Crippen molar-refractivity contribution < 1.29 is 14.6 Å². The second kappa shape index (κ2) is 4.81. The summed E-state index contributed by atoms with van der Waals surface area (Å²) in [4.78, 5) is 11.9. The third-order valence-electron chi connectivity index (χ3n) is 8.46. The van der Waals surface area contributed by atoms with E-state index in [1.165, 1.54) is 12.0 Å². The van der Waals surface area contributed by atoms with Gasteiger partial charge in [-0.1, -0.05) is 31.6 Å². The Labute approximate surface area is 149 Å². The first kappa shape index (κ1) is 15.7. The zero-order valence-electron chi connectivity index (χ0n) is 15.3. The number of fused-ring (bicyclic) bond motifs is 6. The van der Waals surface area contributed by atoms with Gasteiger partial charge in [0.2, 0.25) is 0 Å². The molecule has 0 aromatic carbocycles. The second-order valence-electron chi connectivity index (χ2n) is 9.36. The highest BCUT2D eigenvalue weighted by Crippen LogP contribution is 2.67. The monoisotopic (exact) mass is 340 g/mol. The Bertz CT molecular complexity index is 744. The number of hydrogen-bond acceptors (Lipinski definition) is 3. The van der Waals surface area contributed by atoms with Gasteiger partial charge in [0, 0.05) is 23.7 Å². The maximum Gasteiger partial charge on any atom is 0.306 e. The molecule has 3 heteroatoms. The van der Waals surface area contributed by atoms with Crippen molar-refractivity contribution in [3.05, 3.63) is 35.1 Å². The molecule has 1 aliphatic heterocycles. The summed E-state index contributed by atoms with van der Waals surface area (Å²) in [5.41, 5.74) is 2.85. The number of aliphatic hydroxyl groups is 1. The van der Waals surface area contributed by atoms with Crippen molar-refractivity contribution >= 4 is 5.97 Å². The van der Waals surface area contributed by atoms with E-state index >= 15 is 0 Å². The predicted octanol–water partition coefficient (Wildman–Crippen LogP) is 5.00. The number of allylic oxidation sites excluding steroid dienone is 6. The van der Waals surface area contributed by atoms with Crippen LogP contribution in [0.1, 0.15) is 65.2 Å². The molecule has 0 unspecified atom stereocenters. The first-order chi connectivity index (χ1) is 11.9. The maximum atomic E-state index is 11.9. The Morgan fingerprint density at radius 1 is 1.16 bits per heavy atom. The van der Waals surface area contributed by atoms with Gasteiger partial charge < -0.3 is 9.84 Å². The molecule has 25 heavy (non-hydrogen) atoms. The molecule has 1 heterocycles. The normalized spacial score (nSPS) is 48.1. The van der Waals surface area contributed by atoms with Crippen LogP contribution in [0.15, 0.2) is 35.1 Å². The van der Waals surface area contributed by atoms with Gasteiger partial charge in [-0.25, -0.2) is 0 Å². The highest BCUT2D eigenvalue weighted by Gasteiger charge is 2.65. The van der Waals surface area contributed by atoms with Crippen molar-refractivity contribution in [3.63, 3.8) is 0 Å². The molecule has 5 atom stereocenters. The minimum Gasteiger partial charge on any atom is -0.512 e. The molecule has 1 spiro atoms. The number of ether oxygens (including phenoxy) is 1. The number of esters is 1. The van der Waals surface area contributed by atoms with Crippen molar-refractivity contribution in [2.45, 2.75) is 70.8 Å². The van der Waals surface area contributed by atoms with Crippen LogP contribution in [-0.2, 0) is 9.53 Å². The molecule has 1 saturated heterocycles. The molecule has 1 N–H and O–H groups in total. The Hall–Kier alpha value is -1.51. The molecule has 0 radical (unpaired) electrons. The largest absolute Gasteiger partial charge is 0.512 e. The highest BCUT2D eigenvalue weighted by molar-refractivity contribution is 5.72. The Kier molecular flexibility index (Phi) is 3.02. The summed E-state index contributed by atoms with van der Waals surface area (Å²) >= 11 is 0. The van der Waals surface area contributed by atoms with E-state index in [1.54, 1.807) is 5.57 Å². The minimum atomic E-state index is -0.216. The van der Waals surface area contributed by atoms with Crippen molar-refractivity contribution in [1.29, 1.82) is 0 Å². The van der Waals surface area contributed by atoms with Crippen LogP contribution in [0.25, 0.3) is 0 Å². The lowest BCUT2D eigenvalue weighted by Crippen LogP contribution is -2.50. The number of hydrogen-bond donors (Lipinski definition) is 1. The van der Waals surface area contributed by atoms with Crippen LogP contribution in [0.5, 0.6) is 0 Å². The molecule has 3 nitrogen and oxygen atoms in total. The van der Waals surface area contributed by atoms with E-state index in [9.17, 15) is 9.90 Å². The van der Waals surface area contributed by atoms with Crippen molar-refractivity contribution in [3.8, 4) is 0 Å². The van der Waals surface area contributed by atoms with Crippen LogP contribution in [0.4, 0.5) is 0 Å². The predicted molar refractivity (Wildman–Crippen MR) is 95.8 cm³/mol. The standard InChI is InChI=1S/C22H28O3/c1-20-9-5-15(23)13-14(20)3-4-16-17(20)6-10-21(2)18(16)7-11-22(21)12-8-19(24)25-22/h3,6,13,16,18,23H,4-5,7-12H2,1-2H3/t16-,18+,20+,21+,22-/m1/s1. The molecule has 0 aromatic rings. The molecule has 5 aliphatic rings. The highest BCUT2D eigenvalue weighted by atomic mass is 16.6. The lowest BCUT2D eigenvalue weighted by Gasteiger charge is -2.53. The second-order valence-corrected chi connectivity index (χ2v) is 9.36. The Balaban J connectivity index is 1.56. The van der Waals surface area contributed by atoms with Crippen LogP contribution in [-0.4, -0.2) is 16.7 Å². The molecule has 2 fully saturated rings. The summed E-state index contributed by atoms with van der Waals surface area (Å²) in [7, 11) is 0.